The molecule has 0 spiro atoms. The van der Waals surface area contributed by atoms with Crippen molar-refractivity contribution in [3.05, 3.63) is 167 Å². The third-order valence-corrected chi connectivity index (χ3v) is 10.2. The Kier molecular flexibility index (Phi) is 7.76. The standard InChI is InChI=1S/C40H31ClN2O3S/c1-2-45-35-22-25(18-21-34(35)46-24-28-13-9-12-26-10-3-5-14-29(26)28)23-36-39(44)43-38(31-16-7-8-17-33(31)41)32-20-19-27-11-4-6-15-30(27)37(32)42-40(43)47-36/h3-18,21-23,38H,2,19-20,24H2,1H3/b36-23+. The van der Waals surface area contributed by atoms with Crippen LogP contribution in [0.2, 0.25) is 5.02 Å². The largest absolute Gasteiger partial charge is 0.490 e. The van der Waals surface area contributed by atoms with Gasteiger partial charge in [0.05, 0.1) is 22.9 Å². The van der Waals surface area contributed by atoms with Crippen molar-refractivity contribution < 1.29 is 9.47 Å². The molecule has 0 bridgehead atoms. The molecule has 232 valence electrons. The van der Waals surface area contributed by atoms with Gasteiger partial charge in [0.1, 0.15) is 6.61 Å². The van der Waals surface area contributed by atoms with E-state index in [4.69, 9.17) is 26.1 Å². The van der Waals surface area contributed by atoms with Crippen LogP contribution in [0.1, 0.15) is 47.2 Å². The van der Waals surface area contributed by atoms with Gasteiger partial charge < -0.3 is 9.47 Å². The topological polar surface area (TPSA) is 52.8 Å². The summed E-state index contributed by atoms with van der Waals surface area (Å²) in [5, 5.41) is 2.98. The lowest BCUT2D eigenvalue weighted by atomic mass is 9.83. The average Bonchev–Trinajstić information content (AvgIpc) is 3.41. The van der Waals surface area contributed by atoms with Gasteiger partial charge >= 0.3 is 0 Å². The summed E-state index contributed by atoms with van der Waals surface area (Å²) in [4.78, 5) is 20.0. The number of halogens is 1. The van der Waals surface area contributed by atoms with Gasteiger partial charge in [-0.3, -0.25) is 9.36 Å². The number of thiazole rings is 1. The van der Waals surface area contributed by atoms with Gasteiger partial charge in [0.2, 0.25) is 0 Å². The Morgan fingerprint density at radius 2 is 1.70 bits per heavy atom. The zero-order valence-electron chi connectivity index (χ0n) is 25.8. The molecule has 2 heterocycles. The number of nitrogens with zero attached hydrogens (tertiary/aromatic N) is 2. The molecule has 5 nitrogen and oxygen atoms in total. The molecule has 0 fully saturated rings. The molecule has 1 aromatic heterocycles. The first kappa shape index (κ1) is 29.5. The minimum absolute atomic E-state index is 0.0849. The highest BCUT2D eigenvalue weighted by atomic mass is 35.5. The summed E-state index contributed by atoms with van der Waals surface area (Å²) >= 11 is 8.20. The van der Waals surface area contributed by atoms with Crippen molar-refractivity contribution in [1.82, 2.24) is 4.57 Å². The fraction of sp³-hybridized carbons (Fsp3) is 0.150. The first-order chi connectivity index (χ1) is 23.1. The Hall–Kier alpha value is -4.91. The number of rotatable bonds is 7. The minimum atomic E-state index is -0.325. The summed E-state index contributed by atoms with van der Waals surface area (Å²) in [5.41, 5.74) is 7.27. The van der Waals surface area contributed by atoms with Gasteiger partial charge in [-0.2, -0.15) is 0 Å². The van der Waals surface area contributed by atoms with Crippen LogP contribution in [-0.4, -0.2) is 11.2 Å². The Labute approximate surface area is 281 Å². The average molecular weight is 655 g/mol. The van der Waals surface area contributed by atoms with E-state index in [1.54, 1.807) is 0 Å². The van der Waals surface area contributed by atoms with Gasteiger partial charge in [0.25, 0.3) is 5.56 Å². The van der Waals surface area contributed by atoms with E-state index in [2.05, 4.69) is 54.6 Å². The smallest absolute Gasteiger partial charge is 0.271 e. The van der Waals surface area contributed by atoms with Crippen molar-refractivity contribution in [1.29, 1.82) is 0 Å². The van der Waals surface area contributed by atoms with Crippen LogP contribution in [0.25, 0.3) is 22.5 Å². The number of aryl methyl sites for hydroxylation is 1. The maximum Gasteiger partial charge on any atom is 0.271 e. The Balaban J connectivity index is 1.20. The van der Waals surface area contributed by atoms with Gasteiger partial charge in [-0.15, -0.1) is 0 Å². The molecule has 1 aliphatic carbocycles. The normalized spacial score (nSPS) is 15.5. The van der Waals surface area contributed by atoms with Crippen LogP contribution in [0.3, 0.4) is 0 Å². The van der Waals surface area contributed by atoms with Crippen molar-refractivity contribution in [3.8, 4) is 11.5 Å². The molecule has 0 amide bonds. The molecular formula is C40H31ClN2O3S. The number of aromatic nitrogens is 1. The van der Waals surface area contributed by atoms with Crippen LogP contribution in [0.5, 0.6) is 11.5 Å². The van der Waals surface area contributed by atoms with Crippen LogP contribution in [0.15, 0.2) is 125 Å². The van der Waals surface area contributed by atoms with Crippen molar-refractivity contribution in [3.63, 3.8) is 0 Å². The molecule has 1 atom stereocenters. The van der Waals surface area contributed by atoms with Crippen molar-refractivity contribution in [2.45, 2.75) is 32.4 Å². The quantitative estimate of drug-likeness (QED) is 0.175. The fourth-order valence-electron chi connectivity index (χ4n) is 6.72. The summed E-state index contributed by atoms with van der Waals surface area (Å²) in [6.07, 6.45) is 3.62. The predicted molar refractivity (Wildman–Crippen MR) is 190 cm³/mol. The van der Waals surface area contributed by atoms with E-state index in [1.165, 1.54) is 27.7 Å². The van der Waals surface area contributed by atoms with Gasteiger partial charge in [-0.05, 0) is 82.6 Å². The zero-order chi connectivity index (χ0) is 31.9. The molecule has 1 aliphatic heterocycles. The number of hydrogen-bond acceptors (Lipinski definition) is 5. The molecule has 7 heteroatoms. The number of hydrogen-bond donors (Lipinski definition) is 0. The first-order valence-electron chi connectivity index (χ1n) is 15.8. The molecular weight excluding hydrogens is 624 g/mol. The highest BCUT2D eigenvalue weighted by molar-refractivity contribution is 7.07. The van der Waals surface area contributed by atoms with E-state index in [1.807, 2.05) is 72.2 Å². The van der Waals surface area contributed by atoms with Gasteiger partial charge in [-0.25, -0.2) is 4.99 Å². The maximum absolute atomic E-state index is 14.2. The number of benzene rings is 5. The third-order valence-electron chi connectivity index (χ3n) is 8.90. The lowest BCUT2D eigenvalue weighted by molar-refractivity contribution is 0.270. The van der Waals surface area contributed by atoms with Crippen LogP contribution in [0, 0.1) is 0 Å². The Morgan fingerprint density at radius 3 is 2.60 bits per heavy atom. The van der Waals surface area contributed by atoms with E-state index in [0.29, 0.717) is 39.1 Å². The zero-order valence-corrected chi connectivity index (χ0v) is 27.4. The molecule has 8 rings (SSSR count). The SMILES string of the molecule is CCOc1cc(/C=c2/sc3n(c2=O)C(c2ccccc2Cl)C2=C(N=3)c3ccccc3CC2)ccc1OCc1cccc2ccccc12. The number of fused-ring (bicyclic) bond motifs is 4. The molecule has 1 unspecified atom stereocenters. The molecule has 6 aromatic rings. The first-order valence-corrected chi connectivity index (χ1v) is 17.0. The van der Waals surface area contributed by atoms with Crippen LogP contribution in [-0.2, 0) is 13.0 Å². The minimum Gasteiger partial charge on any atom is -0.490 e. The summed E-state index contributed by atoms with van der Waals surface area (Å²) in [7, 11) is 0. The second-order valence-electron chi connectivity index (χ2n) is 11.7. The summed E-state index contributed by atoms with van der Waals surface area (Å²) in [5.74, 6) is 1.29. The van der Waals surface area contributed by atoms with E-state index < -0.39 is 0 Å². The highest BCUT2D eigenvalue weighted by Crippen LogP contribution is 2.42. The van der Waals surface area contributed by atoms with E-state index in [-0.39, 0.29) is 11.6 Å². The Bertz CT molecular complexity index is 2380. The van der Waals surface area contributed by atoms with Gasteiger partial charge in [0.15, 0.2) is 16.3 Å². The second kappa shape index (κ2) is 12.4. The van der Waals surface area contributed by atoms with Crippen LogP contribution in [0.4, 0.5) is 0 Å². The lowest BCUT2D eigenvalue weighted by Crippen LogP contribution is -2.38. The van der Waals surface area contributed by atoms with Crippen LogP contribution < -0.4 is 24.4 Å². The van der Waals surface area contributed by atoms with Gasteiger partial charge in [0, 0.05) is 10.6 Å². The monoisotopic (exact) mass is 654 g/mol. The Morgan fingerprint density at radius 1 is 0.894 bits per heavy atom. The third kappa shape index (κ3) is 5.37. The molecule has 47 heavy (non-hydrogen) atoms. The van der Waals surface area contributed by atoms with E-state index >= 15 is 0 Å². The number of ether oxygens (including phenoxy) is 2. The van der Waals surface area contributed by atoms with Crippen molar-refractivity contribution in [2.75, 3.05) is 6.61 Å². The number of allylic oxidation sites excluding steroid dienone is 1. The summed E-state index contributed by atoms with van der Waals surface area (Å²) in [6, 6.07) is 36.3. The predicted octanol–water partition coefficient (Wildman–Crippen LogP) is 8.10. The summed E-state index contributed by atoms with van der Waals surface area (Å²) in [6.45, 7) is 2.85. The van der Waals surface area contributed by atoms with Crippen molar-refractivity contribution in [2.24, 2.45) is 4.99 Å². The molecule has 0 saturated heterocycles. The van der Waals surface area contributed by atoms with Crippen LogP contribution >= 0.6 is 22.9 Å². The van der Waals surface area contributed by atoms with Gasteiger partial charge in [-0.1, -0.05) is 114 Å². The van der Waals surface area contributed by atoms with Crippen molar-refractivity contribution >= 4 is 45.5 Å². The van der Waals surface area contributed by atoms with E-state index in [9.17, 15) is 4.79 Å². The lowest BCUT2D eigenvalue weighted by Gasteiger charge is -2.31. The molecule has 0 saturated carbocycles. The van der Waals surface area contributed by atoms with E-state index in [0.717, 1.165) is 46.4 Å². The second-order valence-corrected chi connectivity index (χ2v) is 13.1. The summed E-state index contributed by atoms with van der Waals surface area (Å²) < 4.78 is 14.8. The highest BCUT2D eigenvalue weighted by Gasteiger charge is 2.33. The molecule has 2 aliphatic rings. The fourth-order valence-corrected chi connectivity index (χ4v) is 7.96. The molecule has 5 aromatic carbocycles. The molecule has 0 N–H and O–H groups in total. The molecule has 0 radical (unpaired) electrons. The maximum atomic E-state index is 14.2.